The van der Waals surface area contributed by atoms with E-state index in [1.807, 2.05) is 0 Å². The fourth-order valence-electron chi connectivity index (χ4n) is 1.40. The molecular weight excluding hydrogens is 236 g/mol. The Kier molecular flexibility index (Phi) is 3.52. The van der Waals surface area contributed by atoms with Gasteiger partial charge in [0.05, 0.1) is 12.8 Å². The van der Waals surface area contributed by atoms with Gasteiger partial charge in [-0.1, -0.05) is 13.0 Å². The van der Waals surface area contributed by atoms with Gasteiger partial charge in [0.1, 0.15) is 0 Å². The Morgan fingerprint density at radius 3 is 3.06 bits per heavy atom. The van der Waals surface area contributed by atoms with Crippen LogP contribution in [0.1, 0.15) is 13.3 Å². The highest BCUT2D eigenvalue weighted by Gasteiger charge is 2.08. The Balaban J connectivity index is 2.10. The fraction of sp³-hybridized carbons (Fsp3) is 0.273. The van der Waals surface area contributed by atoms with Gasteiger partial charge in [-0.2, -0.15) is 4.80 Å². The topological polar surface area (TPSA) is 94.0 Å². The summed E-state index contributed by atoms with van der Waals surface area (Å²) < 4.78 is 5.13. The van der Waals surface area contributed by atoms with E-state index in [4.69, 9.17) is 9.52 Å². The lowest BCUT2D eigenvalue weighted by Gasteiger charge is -1.96. The molecule has 2 rings (SSSR count). The summed E-state index contributed by atoms with van der Waals surface area (Å²) in [6, 6.07) is 3.46. The van der Waals surface area contributed by atoms with Crippen LogP contribution in [0.2, 0.25) is 0 Å². The monoisotopic (exact) mass is 248 g/mol. The van der Waals surface area contributed by atoms with Crippen molar-refractivity contribution in [1.82, 2.24) is 20.2 Å². The Hall–Kier alpha value is -2.44. The van der Waals surface area contributed by atoms with E-state index in [1.165, 1.54) is 11.1 Å². The van der Waals surface area contributed by atoms with Crippen LogP contribution in [0, 0.1) is 0 Å². The van der Waals surface area contributed by atoms with E-state index in [9.17, 15) is 4.79 Å². The van der Waals surface area contributed by atoms with Crippen LogP contribution < -0.4 is 0 Å². The molecule has 18 heavy (non-hydrogen) atoms. The van der Waals surface area contributed by atoms with Crippen LogP contribution in [0.5, 0.6) is 0 Å². The zero-order valence-corrected chi connectivity index (χ0v) is 9.78. The molecule has 0 aromatic carbocycles. The minimum absolute atomic E-state index is 0.267. The molecule has 0 bridgehead atoms. The van der Waals surface area contributed by atoms with E-state index < -0.39 is 5.97 Å². The molecule has 1 N–H and O–H groups in total. The van der Waals surface area contributed by atoms with Gasteiger partial charge < -0.3 is 9.52 Å². The first kappa shape index (κ1) is 12.0. The lowest BCUT2D eigenvalue weighted by molar-refractivity contribution is -0.132. The summed E-state index contributed by atoms with van der Waals surface area (Å²) in [4.78, 5) is 12.1. The Morgan fingerprint density at radius 1 is 1.61 bits per heavy atom. The van der Waals surface area contributed by atoms with Crippen molar-refractivity contribution in [3.8, 4) is 11.6 Å². The SMILES string of the molecule is CCC(=CCn1nnc(-c2ccco2)n1)C(=O)O. The van der Waals surface area contributed by atoms with Gasteiger partial charge in [0.2, 0.25) is 5.82 Å². The number of aliphatic carboxylic acids is 1. The first-order valence-electron chi connectivity index (χ1n) is 5.44. The Labute approximate surface area is 103 Å². The van der Waals surface area contributed by atoms with E-state index in [1.54, 1.807) is 25.1 Å². The number of carbonyl (C=O) groups is 1. The van der Waals surface area contributed by atoms with Crippen LogP contribution in [-0.4, -0.2) is 31.3 Å². The second-order valence-corrected chi connectivity index (χ2v) is 3.53. The summed E-state index contributed by atoms with van der Waals surface area (Å²) in [6.45, 7) is 2.05. The number of furan rings is 1. The standard InChI is InChI=1S/C11H12N4O3/c1-2-8(11(16)17)5-6-15-13-10(12-14-15)9-4-3-7-18-9/h3-5,7H,2,6H2,1H3,(H,16,17). The van der Waals surface area contributed by atoms with Gasteiger partial charge in [-0.15, -0.1) is 10.2 Å². The maximum atomic E-state index is 10.8. The average molecular weight is 248 g/mol. The summed E-state index contributed by atoms with van der Waals surface area (Å²) in [7, 11) is 0. The number of nitrogens with zero attached hydrogens (tertiary/aromatic N) is 4. The Bertz CT molecular complexity index is 557. The molecule has 2 aromatic heterocycles. The average Bonchev–Trinajstić information content (AvgIpc) is 2.99. The van der Waals surface area contributed by atoms with Gasteiger partial charge in [-0.25, -0.2) is 4.79 Å². The molecule has 2 heterocycles. The van der Waals surface area contributed by atoms with Crippen molar-refractivity contribution in [3.63, 3.8) is 0 Å². The molecule has 94 valence electrons. The van der Waals surface area contributed by atoms with Crippen LogP contribution in [-0.2, 0) is 11.3 Å². The first-order chi connectivity index (χ1) is 8.70. The predicted molar refractivity (Wildman–Crippen MR) is 61.5 cm³/mol. The number of aromatic nitrogens is 4. The highest BCUT2D eigenvalue weighted by atomic mass is 16.4. The molecule has 7 heteroatoms. The summed E-state index contributed by atoms with van der Waals surface area (Å²) in [5.41, 5.74) is 0.326. The van der Waals surface area contributed by atoms with Crippen LogP contribution in [0.25, 0.3) is 11.6 Å². The highest BCUT2D eigenvalue weighted by Crippen LogP contribution is 2.12. The van der Waals surface area contributed by atoms with Crippen LogP contribution in [0.15, 0.2) is 34.5 Å². The van der Waals surface area contributed by atoms with E-state index in [2.05, 4.69) is 15.4 Å². The van der Waals surface area contributed by atoms with Gasteiger partial charge in [0.15, 0.2) is 5.76 Å². The van der Waals surface area contributed by atoms with E-state index in [0.29, 0.717) is 23.6 Å². The van der Waals surface area contributed by atoms with Gasteiger partial charge in [-0.05, 0) is 23.8 Å². The van der Waals surface area contributed by atoms with Crippen molar-refractivity contribution >= 4 is 5.97 Å². The molecule has 0 radical (unpaired) electrons. The molecule has 0 saturated carbocycles. The predicted octanol–water partition coefficient (Wildman–Crippen LogP) is 1.35. The third-order valence-corrected chi connectivity index (χ3v) is 2.35. The zero-order valence-electron chi connectivity index (χ0n) is 9.78. The van der Waals surface area contributed by atoms with Crippen molar-refractivity contribution in [2.24, 2.45) is 0 Å². The summed E-state index contributed by atoms with van der Waals surface area (Å²) in [6.07, 6.45) is 3.54. The van der Waals surface area contributed by atoms with Crippen LogP contribution in [0.3, 0.4) is 0 Å². The largest absolute Gasteiger partial charge is 0.478 e. The molecule has 0 saturated heterocycles. The van der Waals surface area contributed by atoms with Crippen molar-refractivity contribution in [2.45, 2.75) is 19.9 Å². The first-order valence-corrected chi connectivity index (χ1v) is 5.44. The molecule has 0 atom stereocenters. The van der Waals surface area contributed by atoms with E-state index in [-0.39, 0.29) is 6.54 Å². The van der Waals surface area contributed by atoms with Crippen LogP contribution in [0.4, 0.5) is 0 Å². The molecule has 0 aliphatic heterocycles. The summed E-state index contributed by atoms with van der Waals surface area (Å²) in [5.74, 6) is -0.0233. The second-order valence-electron chi connectivity index (χ2n) is 3.53. The maximum absolute atomic E-state index is 10.8. The van der Waals surface area contributed by atoms with Gasteiger partial charge >= 0.3 is 5.97 Å². The normalized spacial score (nSPS) is 11.7. The molecule has 2 aromatic rings. The number of carboxylic acid groups (broad SMARTS) is 1. The minimum atomic E-state index is -0.927. The van der Waals surface area contributed by atoms with Gasteiger partial charge in [-0.3, -0.25) is 0 Å². The van der Waals surface area contributed by atoms with Crippen molar-refractivity contribution in [3.05, 3.63) is 30.0 Å². The van der Waals surface area contributed by atoms with Gasteiger partial charge in [0.25, 0.3) is 0 Å². The molecule has 0 fully saturated rings. The molecule has 0 spiro atoms. The highest BCUT2D eigenvalue weighted by molar-refractivity contribution is 5.86. The lowest BCUT2D eigenvalue weighted by atomic mass is 10.2. The molecule has 0 amide bonds. The quantitative estimate of drug-likeness (QED) is 0.803. The molecule has 0 aliphatic carbocycles. The van der Waals surface area contributed by atoms with Crippen molar-refractivity contribution in [1.29, 1.82) is 0 Å². The van der Waals surface area contributed by atoms with Crippen molar-refractivity contribution < 1.29 is 14.3 Å². The summed E-state index contributed by atoms with van der Waals surface area (Å²) >= 11 is 0. The van der Waals surface area contributed by atoms with E-state index in [0.717, 1.165) is 0 Å². The number of hydrogen-bond acceptors (Lipinski definition) is 5. The molecule has 7 nitrogen and oxygen atoms in total. The summed E-state index contributed by atoms with van der Waals surface area (Å²) in [5, 5.41) is 20.6. The smallest absolute Gasteiger partial charge is 0.331 e. The molecular formula is C11H12N4O3. The maximum Gasteiger partial charge on any atom is 0.331 e. The second kappa shape index (κ2) is 5.26. The molecule has 0 aliphatic rings. The lowest BCUT2D eigenvalue weighted by Crippen LogP contribution is -2.05. The number of carboxylic acids is 1. The number of tetrazole rings is 1. The minimum Gasteiger partial charge on any atom is -0.478 e. The third-order valence-electron chi connectivity index (χ3n) is 2.35. The van der Waals surface area contributed by atoms with E-state index >= 15 is 0 Å². The number of allylic oxidation sites excluding steroid dienone is 1. The third kappa shape index (κ3) is 2.62. The fourth-order valence-corrected chi connectivity index (χ4v) is 1.40. The molecule has 0 unspecified atom stereocenters. The van der Waals surface area contributed by atoms with Crippen LogP contribution >= 0.6 is 0 Å². The number of rotatable bonds is 5. The Morgan fingerprint density at radius 2 is 2.44 bits per heavy atom. The number of hydrogen-bond donors (Lipinski definition) is 1. The van der Waals surface area contributed by atoms with Gasteiger partial charge in [0, 0.05) is 5.57 Å². The zero-order chi connectivity index (χ0) is 13.0. The van der Waals surface area contributed by atoms with Crippen molar-refractivity contribution in [2.75, 3.05) is 0 Å².